The van der Waals surface area contributed by atoms with Crippen LogP contribution in [0.5, 0.6) is 11.5 Å². The smallest absolute Gasteiger partial charge is 0.274 e. The molecule has 0 atom stereocenters. The predicted octanol–water partition coefficient (Wildman–Crippen LogP) is 2.39. The maximum atomic E-state index is 12.2. The number of nitrogens with one attached hydrogen (secondary N) is 2. The van der Waals surface area contributed by atoms with Gasteiger partial charge in [-0.15, -0.1) is 0 Å². The molecular weight excluding hydrogens is 270 g/mol. The molecule has 1 aromatic carbocycles. The molecule has 1 aromatic heterocycles. The molecular formula is C15H17N3O3. The van der Waals surface area contributed by atoms with E-state index in [4.69, 9.17) is 9.47 Å². The first-order chi connectivity index (χ1) is 10.2. The minimum Gasteiger partial charge on any atom is -0.497 e. The summed E-state index contributed by atoms with van der Waals surface area (Å²) in [4.78, 5) is 16.4. The summed E-state index contributed by atoms with van der Waals surface area (Å²) in [5.41, 5.74) is 0.875. The summed E-state index contributed by atoms with van der Waals surface area (Å²) in [6.07, 6.45) is 0. The Kier molecular flexibility index (Phi) is 4.61. The maximum Gasteiger partial charge on any atom is 0.274 e. The van der Waals surface area contributed by atoms with Crippen molar-refractivity contribution in [1.82, 2.24) is 4.98 Å². The Morgan fingerprint density at radius 3 is 2.62 bits per heavy atom. The van der Waals surface area contributed by atoms with Crippen LogP contribution in [0.1, 0.15) is 10.5 Å². The first-order valence-electron chi connectivity index (χ1n) is 6.36. The Morgan fingerprint density at radius 2 is 1.95 bits per heavy atom. The Balaban J connectivity index is 2.22. The van der Waals surface area contributed by atoms with Crippen LogP contribution < -0.4 is 20.1 Å². The Bertz CT molecular complexity index is 644. The molecule has 0 spiro atoms. The van der Waals surface area contributed by atoms with Crippen LogP contribution in [0, 0.1) is 0 Å². The number of methoxy groups -OCH3 is 2. The molecule has 6 heteroatoms. The Hall–Kier alpha value is -2.76. The molecule has 2 N–H and O–H groups in total. The highest BCUT2D eigenvalue weighted by Crippen LogP contribution is 2.29. The van der Waals surface area contributed by atoms with E-state index < -0.39 is 0 Å². The molecule has 6 nitrogen and oxygen atoms in total. The lowest BCUT2D eigenvalue weighted by atomic mass is 10.2. The molecule has 1 amide bonds. The number of aromatic nitrogens is 1. The molecule has 0 fully saturated rings. The molecule has 2 aromatic rings. The van der Waals surface area contributed by atoms with E-state index in [1.807, 2.05) is 0 Å². The molecule has 110 valence electrons. The van der Waals surface area contributed by atoms with Crippen molar-refractivity contribution < 1.29 is 14.3 Å². The van der Waals surface area contributed by atoms with Gasteiger partial charge in [0.15, 0.2) is 0 Å². The minimum absolute atomic E-state index is 0.310. The summed E-state index contributed by atoms with van der Waals surface area (Å²) in [7, 11) is 4.85. The lowest BCUT2D eigenvalue weighted by molar-refractivity contribution is 0.102. The third kappa shape index (κ3) is 3.42. The molecule has 0 aliphatic rings. The quantitative estimate of drug-likeness (QED) is 0.883. The fourth-order valence-electron chi connectivity index (χ4n) is 1.79. The minimum atomic E-state index is -0.310. The zero-order valence-corrected chi connectivity index (χ0v) is 12.1. The number of carbonyl (C=O) groups is 1. The van der Waals surface area contributed by atoms with Crippen molar-refractivity contribution in [3.05, 3.63) is 42.1 Å². The van der Waals surface area contributed by atoms with Crippen molar-refractivity contribution in [3.63, 3.8) is 0 Å². The van der Waals surface area contributed by atoms with Gasteiger partial charge in [-0.3, -0.25) is 4.79 Å². The van der Waals surface area contributed by atoms with Crippen LogP contribution in [0.3, 0.4) is 0 Å². The van der Waals surface area contributed by atoms with Gasteiger partial charge < -0.3 is 20.1 Å². The number of rotatable bonds is 5. The van der Waals surface area contributed by atoms with Crippen molar-refractivity contribution in [2.24, 2.45) is 0 Å². The lowest BCUT2D eigenvalue weighted by Gasteiger charge is -2.11. The van der Waals surface area contributed by atoms with Gasteiger partial charge in [-0.1, -0.05) is 6.07 Å². The molecule has 0 saturated carbocycles. The summed E-state index contributed by atoms with van der Waals surface area (Å²) < 4.78 is 10.4. The maximum absolute atomic E-state index is 12.2. The van der Waals surface area contributed by atoms with Crippen LogP contribution in [0.2, 0.25) is 0 Å². The summed E-state index contributed by atoms with van der Waals surface area (Å²) in [6.45, 7) is 0. The number of amides is 1. The van der Waals surface area contributed by atoms with Crippen molar-refractivity contribution in [2.75, 3.05) is 31.9 Å². The van der Waals surface area contributed by atoms with Gasteiger partial charge in [0, 0.05) is 13.1 Å². The summed E-state index contributed by atoms with van der Waals surface area (Å²) >= 11 is 0. The molecule has 0 radical (unpaired) electrons. The molecule has 1 heterocycles. The van der Waals surface area contributed by atoms with E-state index in [2.05, 4.69) is 15.6 Å². The van der Waals surface area contributed by atoms with Gasteiger partial charge in [0.2, 0.25) is 0 Å². The van der Waals surface area contributed by atoms with Gasteiger partial charge in [-0.05, 0) is 24.3 Å². The van der Waals surface area contributed by atoms with Gasteiger partial charge in [0.1, 0.15) is 23.0 Å². The Morgan fingerprint density at radius 1 is 1.14 bits per heavy atom. The van der Waals surface area contributed by atoms with E-state index in [-0.39, 0.29) is 5.91 Å². The van der Waals surface area contributed by atoms with Crippen LogP contribution >= 0.6 is 0 Å². The first-order valence-corrected chi connectivity index (χ1v) is 6.36. The second-order valence-electron chi connectivity index (χ2n) is 4.18. The number of pyridine rings is 1. The van der Waals surface area contributed by atoms with E-state index in [0.29, 0.717) is 28.7 Å². The lowest BCUT2D eigenvalue weighted by Crippen LogP contribution is -2.14. The van der Waals surface area contributed by atoms with Crippen LogP contribution in [-0.2, 0) is 0 Å². The van der Waals surface area contributed by atoms with Gasteiger partial charge in [0.05, 0.1) is 19.9 Å². The van der Waals surface area contributed by atoms with E-state index in [1.54, 1.807) is 50.6 Å². The van der Waals surface area contributed by atoms with Crippen LogP contribution in [0.4, 0.5) is 11.5 Å². The van der Waals surface area contributed by atoms with E-state index in [0.717, 1.165) is 0 Å². The fourth-order valence-corrected chi connectivity index (χ4v) is 1.79. The molecule has 0 aliphatic heterocycles. The summed E-state index contributed by atoms with van der Waals surface area (Å²) in [5.74, 6) is 1.49. The molecule has 21 heavy (non-hydrogen) atoms. The van der Waals surface area contributed by atoms with Gasteiger partial charge in [-0.2, -0.15) is 0 Å². The third-order valence-corrected chi connectivity index (χ3v) is 2.89. The second-order valence-corrected chi connectivity index (χ2v) is 4.18. The second kappa shape index (κ2) is 6.60. The molecule has 0 saturated heterocycles. The van der Waals surface area contributed by atoms with Crippen molar-refractivity contribution in [2.45, 2.75) is 0 Å². The number of hydrogen-bond donors (Lipinski definition) is 2. The number of carbonyl (C=O) groups excluding carboxylic acids is 1. The standard InChI is InChI=1S/C15H17N3O3/c1-16-14-6-4-5-12(17-14)15(19)18-11-8-7-10(20-2)9-13(11)21-3/h4-9H,1-3H3,(H,16,17)(H,18,19). The van der Waals surface area contributed by atoms with Crippen LogP contribution in [-0.4, -0.2) is 32.2 Å². The van der Waals surface area contributed by atoms with Crippen molar-refractivity contribution in [3.8, 4) is 11.5 Å². The fraction of sp³-hybridized carbons (Fsp3) is 0.200. The average Bonchev–Trinajstić information content (AvgIpc) is 2.55. The van der Waals surface area contributed by atoms with Crippen LogP contribution in [0.15, 0.2) is 36.4 Å². The first kappa shape index (κ1) is 14.6. The topological polar surface area (TPSA) is 72.5 Å². The molecule has 0 aliphatic carbocycles. The number of ether oxygens (including phenoxy) is 2. The Labute approximate surface area is 123 Å². The largest absolute Gasteiger partial charge is 0.497 e. The highest BCUT2D eigenvalue weighted by Gasteiger charge is 2.12. The monoisotopic (exact) mass is 287 g/mol. The predicted molar refractivity (Wildman–Crippen MR) is 81.3 cm³/mol. The number of nitrogens with zero attached hydrogens (tertiary/aromatic N) is 1. The molecule has 0 bridgehead atoms. The van der Waals surface area contributed by atoms with Gasteiger partial charge >= 0.3 is 0 Å². The van der Waals surface area contributed by atoms with E-state index in [9.17, 15) is 4.79 Å². The molecule has 0 unspecified atom stereocenters. The number of benzene rings is 1. The number of anilines is 2. The van der Waals surface area contributed by atoms with Crippen molar-refractivity contribution in [1.29, 1.82) is 0 Å². The SMILES string of the molecule is CNc1cccc(C(=O)Nc2ccc(OC)cc2OC)n1. The van der Waals surface area contributed by atoms with E-state index in [1.165, 1.54) is 7.11 Å². The van der Waals surface area contributed by atoms with Gasteiger partial charge in [-0.25, -0.2) is 4.98 Å². The highest BCUT2D eigenvalue weighted by molar-refractivity contribution is 6.03. The normalized spacial score (nSPS) is 9.86. The molecule has 2 rings (SSSR count). The third-order valence-electron chi connectivity index (χ3n) is 2.89. The highest BCUT2D eigenvalue weighted by atomic mass is 16.5. The summed E-state index contributed by atoms with van der Waals surface area (Å²) in [6, 6.07) is 10.4. The van der Waals surface area contributed by atoms with E-state index >= 15 is 0 Å². The van der Waals surface area contributed by atoms with Gasteiger partial charge in [0.25, 0.3) is 5.91 Å². The zero-order valence-electron chi connectivity index (χ0n) is 12.1. The summed E-state index contributed by atoms with van der Waals surface area (Å²) in [5, 5.41) is 5.66. The average molecular weight is 287 g/mol. The van der Waals surface area contributed by atoms with Crippen LogP contribution in [0.25, 0.3) is 0 Å². The van der Waals surface area contributed by atoms with Crippen molar-refractivity contribution >= 4 is 17.4 Å². The number of hydrogen-bond acceptors (Lipinski definition) is 5. The zero-order chi connectivity index (χ0) is 15.2.